The van der Waals surface area contributed by atoms with E-state index in [0.717, 1.165) is 0 Å². The van der Waals surface area contributed by atoms with Crippen LogP contribution in [0, 0.1) is 0 Å². The Morgan fingerprint density at radius 3 is 2.36 bits per heavy atom. The third-order valence-corrected chi connectivity index (χ3v) is 1.66. The van der Waals surface area contributed by atoms with Gasteiger partial charge < -0.3 is 5.09 Å². The number of nitrogens with two attached hydrogens (primary N) is 2. The van der Waals surface area contributed by atoms with Gasteiger partial charge in [0.05, 0.1) is 0 Å². The van der Waals surface area contributed by atoms with E-state index < -0.39 is 6.49 Å². The van der Waals surface area contributed by atoms with Gasteiger partial charge in [0.1, 0.15) is 0 Å². The summed E-state index contributed by atoms with van der Waals surface area (Å²) in [5.41, 5.74) is 10.8. The summed E-state index contributed by atoms with van der Waals surface area (Å²) in [6, 6.07) is 1.70. The van der Waals surface area contributed by atoms with Crippen molar-refractivity contribution in [2.75, 3.05) is 5.09 Å². The zero-order valence-electron chi connectivity index (χ0n) is 5.64. The third-order valence-electron chi connectivity index (χ3n) is 0.841. The molecule has 0 aromatic carbocycles. The first-order chi connectivity index (χ1) is 5.08. The van der Waals surface area contributed by atoms with Crippen molar-refractivity contribution in [2.45, 2.75) is 0 Å². The minimum Gasteiger partial charge on any atom is -0.304 e. The molecule has 1 rings (SSSR count). The fraction of sp³-hybridized carbons (Fsp3) is 0. The molecule has 0 spiro atoms. The minimum atomic E-state index is -2.43. The zero-order valence-corrected chi connectivity index (χ0v) is 7.35. The van der Waals surface area contributed by atoms with Crippen LogP contribution in [0.5, 0.6) is 0 Å². The second kappa shape index (κ2) is 3.23. The summed E-state index contributed by atoms with van der Waals surface area (Å²) in [6.45, 7) is -2.43. The fourth-order valence-electron chi connectivity index (χ4n) is 0.513. The van der Waals surface area contributed by atoms with Gasteiger partial charge in [0.15, 0.2) is 6.49 Å². The average molecular weight is 189 g/mol. The van der Waals surface area contributed by atoms with Crippen molar-refractivity contribution in [3.63, 3.8) is 0 Å². The summed E-state index contributed by atoms with van der Waals surface area (Å²) >= 11 is 4.74. The standard InChI is InChI=1S/C4H8N5PS/c5-10(6,11)9-4-7-2-1-3-8-4/h1-3H,(H5,5,6,7,8,9,11). The Morgan fingerprint density at radius 2 is 1.91 bits per heavy atom. The van der Waals surface area contributed by atoms with Crippen molar-refractivity contribution in [1.29, 1.82) is 0 Å². The van der Waals surface area contributed by atoms with Crippen molar-refractivity contribution < 1.29 is 0 Å². The first-order valence-electron chi connectivity index (χ1n) is 2.80. The summed E-state index contributed by atoms with van der Waals surface area (Å²) in [7, 11) is 0. The number of hydrogen-bond acceptors (Lipinski definition) is 3. The second-order valence-electron chi connectivity index (χ2n) is 1.89. The number of nitrogens with one attached hydrogen (secondary N) is 1. The Bertz CT molecular complexity index is 269. The summed E-state index contributed by atoms with van der Waals surface area (Å²) in [6.07, 6.45) is 3.17. The van der Waals surface area contributed by atoms with E-state index in [4.69, 9.17) is 22.8 Å². The molecule has 0 bridgehead atoms. The Morgan fingerprint density at radius 1 is 1.36 bits per heavy atom. The SMILES string of the molecule is NP(N)(=S)Nc1ncccn1. The highest BCUT2D eigenvalue weighted by Crippen LogP contribution is 2.24. The van der Waals surface area contributed by atoms with Crippen molar-refractivity contribution in [3.05, 3.63) is 18.5 Å². The maximum atomic E-state index is 5.38. The Labute approximate surface area is 69.4 Å². The van der Waals surface area contributed by atoms with Crippen LogP contribution in [0.1, 0.15) is 0 Å². The van der Waals surface area contributed by atoms with Crippen LogP contribution in [0.25, 0.3) is 0 Å². The van der Waals surface area contributed by atoms with E-state index in [9.17, 15) is 0 Å². The Kier molecular flexibility index (Phi) is 2.51. The highest BCUT2D eigenvalue weighted by Gasteiger charge is 2.02. The Hall–Kier alpha value is -0.550. The van der Waals surface area contributed by atoms with Crippen LogP contribution >= 0.6 is 6.49 Å². The van der Waals surface area contributed by atoms with E-state index in [1.54, 1.807) is 18.5 Å². The van der Waals surface area contributed by atoms with E-state index >= 15 is 0 Å². The molecule has 0 saturated carbocycles. The van der Waals surface area contributed by atoms with Crippen LogP contribution in [-0.4, -0.2) is 9.97 Å². The highest BCUT2D eigenvalue weighted by molar-refractivity contribution is 8.13. The topological polar surface area (TPSA) is 89.8 Å². The molecule has 5 N–H and O–H groups in total. The molecule has 0 unspecified atom stereocenters. The second-order valence-corrected chi connectivity index (χ2v) is 5.35. The first-order valence-corrected chi connectivity index (χ1v) is 5.74. The lowest BCUT2D eigenvalue weighted by Gasteiger charge is -2.10. The normalized spacial score (nSPS) is 11.1. The highest BCUT2D eigenvalue weighted by atomic mass is 32.4. The van der Waals surface area contributed by atoms with Gasteiger partial charge in [-0.3, -0.25) is 11.0 Å². The molecule has 0 aliphatic heterocycles. The van der Waals surface area contributed by atoms with Crippen LogP contribution in [-0.2, 0) is 11.8 Å². The number of nitrogens with zero attached hydrogens (tertiary/aromatic N) is 2. The number of hydrogen-bond donors (Lipinski definition) is 3. The number of rotatable bonds is 2. The molecule has 0 saturated heterocycles. The van der Waals surface area contributed by atoms with Crippen LogP contribution in [0.2, 0.25) is 0 Å². The van der Waals surface area contributed by atoms with Crippen molar-refractivity contribution in [1.82, 2.24) is 9.97 Å². The molecule has 0 aliphatic carbocycles. The van der Waals surface area contributed by atoms with Gasteiger partial charge in [-0.15, -0.1) is 0 Å². The maximum Gasteiger partial charge on any atom is 0.228 e. The minimum absolute atomic E-state index is 0.376. The molecule has 0 amide bonds. The van der Waals surface area contributed by atoms with Crippen molar-refractivity contribution >= 4 is 24.2 Å². The van der Waals surface area contributed by atoms with Crippen LogP contribution in [0.15, 0.2) is 18.5 Å². The number of anilines is 1. The molecule has 0 radical (unpaired) electrons. The zero-order chi connectivity index (χ0) is 8.32. The van der Waals surface area contributed by atoms with E-state index in [-0.39, 0.29) is 0 Å². The maximum absolute atomic E-state index is 5.38. The molecule has 11 heavy (non-hydrogen) atoms. The van der Waals surface area contributed by atoms with Gasteiger partial charge in [-0.05, 0) is 17.9 Å². The van der Waals surface area contributed by atoms with Crippen LogP contribution in [0.3, 0.4) is 0 Å². The van der Waals surface area contributed by atoms with Gasteiger partial charge >= 0.3 is 0 Å². The lowest BCUT2D eigenvalue weighted by atomic mass is 10.7. The molecule has 1 heterocycles. The predicted molar refractivity (Wildman–Crippen MR) is 48.3 cm³/mol. The smallest absolute Gasteiger partial charge is 0.228 e. The molecular formula is C4H8N5PS. The monoisotopic (exact) mass is 189 g/mol. The molecule has 5 nitrogen and oxygen atoms in total. The van der Waals surface area contributed by atoms with Gasteiger partial charge in [0.25, 0.3) is 0 Å². The molecule has 0 aliphatic rings. The van der Waals surface area contributed by atoms with E-state index in [2.05, 4.69) is 15.1 Å². The molecule has 60 valence electrons. The van der Waals surface area contributed by atoms with E-state index in [0.29, 0.717) is 5.95 Å². The van der Waals surface area contributed by atoms with Gasteiger partial charge in [0, 0.05) is 12.4 Å². The molecular weight excluding hydrogens is 181 g/mol. The van der Waals surface area contributed by atoms with Crippen LogP contribution < -0.4 is 16.1 Å². The van der Waals surface area contributed by atoms with Crippen molar-refractivity contribution in [2.24, 2.45) is 11.0 Å². The molecule has 1 aromatic rings. The fourth-order valence-corrected chi connectivity index (χ4v) is 1.19. The summed E-state index contributed by atoms with van der Waals surface area (Å²) in [5.74, 6) is 0.376. The van der Waals surface area contributed by atoms with E-state index in [1.165, 1.54) is 0 Å². The van der Waals surface area contributed by atoms with Gasteiger partial charge in [-0.25, -0.2) is 9.97 Å². The molecule has 7 heteroatoms. The molecule has 1 aromatic heterocycles. The molecule has 0 atom stereocenters. The third kappa shape index (κ3) is 3.38. The largest absolute Gasteiger partial charge is 0.304 e. The summed E-state index contributed by atoms with van der Waals surface area (Å²) in [5, 5.41) is 2.64. The number of aromatic nitrogens is 2. The van der Waals surface area contributed by atoms with Gasteiger partial charge in [-0.1, -0.05) is 0 Å². The average Bonchev–Trinajstić information content (AvgIpc) is 1.85. The lowest BCUT2D eigenvalue weighted by molar-refractivity contribution is 1.18. The lowest BCUT2D eigenvalue weighted by Crippen LogP contribution is -2.14. The quantitative estimate of drug-likeness (QED) is 0.569. The van der Waals surface area contributed by atoms with Crippen molar-refractivity contribution in [3.8, 4) is 0 Å². The summed E-state index contributed by atoms with van der Waals surface area (Å²) in [4.78, 5) is 7.69. The van der Waals surface area contributed by atoms with Gasteiger partial charge in [0.2, 0.25) is 5.95 Å². The van der Waals surface area contributed by atoms with Gasteiger partial charge in [-0.2, -0.15) is 0 Å². The first kappa shape index (κ1) is 8.55. The van der Waals surface area contributed by atoms with E-state index in [1.807, 2.05) is 0 Å². The predicted octanol–water partition coefficient (Wildman–Crippen LogP) is 0.0304. The summed E-state index contributed by atoms with van der Waals surface area (Å²) < 4.78 is 0. The van der Waals surface area contributed by atoms with Crippen LogP contribution in [0.4, 0.5) is 5.95 Å². The molecule has 0 fully saturated rings. The Balaban J connectivity index is 2.74.